The third-order valence-corrected chi connectivity index (χ3v) is 6.35. The zero-order chi connectivity index (χ0) is 21.1. The lowest BCUT2D eigenvalue weighted by atomic mass is 10.2. The van der Waals surface area contributed by atoms with Crippen LogP contribution >= 0.6 is 22.7 Å². The molecular formula is C21H18N4O3S2. The Balaban J connectivity index is 1.38. The molecule has 1 aromatic carbocycles. The maximum Gasteiger partial charge on any atom is 0.281 e. The topological polar surface area (TPSA) is 97.1 Å². The molecule has 0 atom stereocenters. The van der Waals surface area contributed by atoms with Crippen LogP contribution in [-0.2, 0) is 11.2 Å². The van der Waals surface area contributed by atoms with E-state index in [4.69, 9.17) is 4.42 Å². The average molecular weight is 439 g/mol. The summed E-state index contributed by atoms with van der Waals surface area (Å²) in [6.07, 6.45) is -0.00206. The molecule has 0 aliphatic heterocycles. The molecule has 2 N–H and O–H groups in total. The Hall–Kier alpha value is -3.30. The van der Waals surface area contributed by atoms with E-state index in [0.29, 0.717) is 27.9 Å². The van der Waals surface area contributed by atoms with Crippen molar-refractivity contribution in [3.63, 3.8) is 0 Å². The van der Waals surface area contributed by atoms with Crippen LogP contribution in [0.5, 0.6) is 0 Å². The van der Waals surface area contributed by atoms with E-state index < -0.39 is 5.91 Å². The molecule has 0 spiro atoms. The maximum atomic E-state index is 12.5. The van der Waals surface area contributed by atoms with Crippen molar-refractivity contribution in [3.05, 3.63) is 69.9 Å². The number of hydrogen-bond donors (Lipinski definition) is 2. The monoisotopic (exact) mass is 438 g/mol. The van der Waals surface area contributed by atoms with E-state index in [9.17, 15) is 9.59 Å². The number of nitrogens with one attached hydrogen (secondary N) is 2. The first-order chi connectivity index (χ1) is 14.5. The zero-order valence-corrected chi connectivity index (χ0v) is 17.9. The summed E-state index contributed by atoms with van der Waals surface area (Å²) in [6, 6.07) is 13.4. The maximum absolute atomic E-state index is 12.5. The van der Waals surface area contributed by atoms with Gasteiger partial charge in [-0.15, -0.1) is 22.7 Å². The Morgan fingerprint density at radius 1 is 1.03 bits per heavy atom. The number of thiazole rings is 1. The second-order valence-electron chi connectivity index (χ2n) is 6.48. The molecule has 0 fully saturated rings. The van der Waals surface area contributed by atoms with Crippen LogP contribution in [-0.4, -0.2) is 21.8 Å². The minimum Gasteiger partial charge on any atom is -0.440 e. The quantitative estimate of drug-likeness (QED) is 0.456. The van der Waals surface area contributed by atoms with E-state index >= 15 is 0 Å². The lowest BCUT2D eigenvalue weighted by molar-refractivity contribution is -0.121. The largest absolute Gasteiger partial charge is 0.440 e. The number of carbonyl (C=O) groups excluding carboxylic acids is 2. The van der Waals surface area contributed by atoms with E-state index in [0.717, 1.165) is 15.4 Å². The number of nitrogens with zero attached hydrogens (tertiary/aromatic N) is 2. The van der Waals surface area contributed by atoms with Gasteiger partial charge in [0.1, 0.15) is 15.6 Å². The summed E-state index contributed by atoms with van der Waals surface area (Å²) < 4.78 is 5.64. The van der Waals surface area contributed by atoms with Crippen LogP contribution in [0.4, 0.5) is 0 Å². The first kappa shape index (κ1) is 20.0. The van der Waals surface area contributed by atoms with Crippen molar-refractivity contribution in [3.8, 4) is 21.3 Å². The minimum atomic E-state index is -0.406. The molecule has 0 bridgehead atoms. The lowest BCUT2D eigenvalue weighted by Crippen LogP contribution is -2.42. The van der Waals surface area contributed by atoms with E-state index in [1.165, 1.54) is 22.7 Å². The number of amides is 2. The number of carbonyl (C=O) groups is 2. The van der Waals surface area contributed by atoms with Crippen LogP contribution in [0.25, 0.3) is 21.3 Å². The van der Waals surface area contributed by atoms with E-state index in [2.05, 4.69) is 20.8 Å². The van der Waals surface area contributed by atoms with Gasteiger partial charge in [0.2, 0.25) is 11.8 Å². The smallest absolute Gasteiger partial charge is 0.281 e. The van der Waals surface area contributed by atoms with Gasteiger partial charge in [-0.2, -0.15) is 0 Å². The number of hydrogen-bond acceptors (Lipinski definition) is 7. The van der Waals surface area contributed by atoms with Crippen LogP contribution < -0.4 is 10.9 Å². The molecule has 0 saturated heterocycles. The third-order valence-electron chi connectivity index (χ3n) is 4.29. The predicted molar refractivity (Wildman–Crippen MR) is 116 cm³/mol. The molecule has 2 amide bonds. The van der Waals surface area contributed by atoms with Crippen LogP contribution in [0, 0.1) is 13.8 Å². The summed E-state index contributed by atoms with van der Waals surface area (Å²) in [6.45, 7) is 3.53. The molecule has 152 valence electrons. The fraction of sp³-hybridized carbons (Fsp3) is 0.143. The van der Waals surface area contributed by atoms with Gasteiger partial charge in [0.25, 0.3) is 5.91 Å². The Kier molecular flexibility index (Phi) is 5.73. The molecule has 0 aliphatic carbocycles. The molecule has 9 heteroatoms. The SMILES string of the molecule is Cc1nc(-c2ccccc2)sc1C(=O)NNC(=O)Cc1nc(-c2cccs2)oc1C. The molecule has 0 unspecified atom stereocenters. The summed E-state index contributed by atoms with van der Waals surface area (Å²) in [7, 11) is 0. The highest BCUT2D eigenvalue weighted by Gasteiger charge is 2.18. The highest BCUT2D eigenvalue weighted by Crippen LogP contribution is 2.28. The average Bonchev–Trinajstić information content (AvgIpc) is 3.48. The third kappa shape index (κ3) is 4.32. The first-order valence-electron chi connectivity index (χ1n) is 9.13. The van der Waals surface area contributed by atoms with Crippen LogP contribution in [0.2, 0.25) is 0 Å². The highest BCUT2D eigenvalue weighted by molar-refractivity contribution is 7.17. The normalized spacial score (nSPS) is 10.7. The highest BCUT2D eigenvalue weighted by atomic mass is 32.1. The predicted octanol–water partition coefficient (Wildman–Crippen LogP) is 4.15. The van der Waals surface area contributed by atoms with E-state index in [-0.39, 0.29) is 12.3 Å². The van der Waals surface area contributed by atoms with Gasteiger partial charge in [0.05, 0.1) is 22.7 Å². The molecule has 0 radical (unpaired) electrons. The van der Waals surface area contributed by atoms with Crippen molar-refractivity contribution >= 4 is 34.5 Å². The fourth-order valence-electron chi connectivity index (χ4n) is 2.79. The number of hydrazine groups is 1. The Morgan fingerprint density at radius 3 is 2.57 bits per heavy atom. The van der Waals surface area contributed by atoms with Crippen LogP contribution in [0.15, 0.2) is 52.3 Å². The number of oxazole rings is 1. The summed E-state index contributed by atoms with van der Waals surface area (Å²) in [4.78, 5) is 35.0. The molecule has 3 aromatic heterocycles. The minimum absolute atomic E-state index is 0.00206. The van der Waals surface area contributed by atoms with Gasteiger partial charge in [-0.25, -0.2) is 9.97 Å². The zero-order valence-electron chi connectivity index (χ0n) is 16.3. The first-order valence-corrected chi connectivity index (χ1v) is 10.8. The van der Waals surface area contributed by atoms with E-state index in [1.54, 1.807) is 13.8 Å². The summed E-state index contributed by atoms with van der Waals surface area (Å²) in [5, 5.41) is 2.69. The number of thiophene rings is 1. The van der Waals surface area contributed by atoms with Crippen molar-refractivity contribution in [1.82, 2.24) is 20.8 Å². The summed E-state index contributed by atoms with van der Waals surface area (Å²) >= 11 is 2.79. The lowest BCUT2D eigenvalue weighted by Gasteiger charge is -2.05. The van der Waals surface area contributed by atoms with Crippen molar-refractivity contribution in [2.45, 2.75) is 20.3 Å². The number of aryl methyl sites for hydroxylation is 2. The van der Waals surface area contributed by atoms with Crippen molar-refractivity contribution < 1.29 is 14.0 Å². The molecule has 30 heavy (non-hydrogen) atoms. The van der Waals surface area contributed by atoms with Crippen molar-refractivity contribution in [2.24, 2.45) is 0 Å². The summed E-state index contributed by atoms with van der Waals surface area (Å²) in [5.74, 6) is 0.272. The Morgan fingerprint density at radius 2 is 1.83 bits per heavy atom. The van der Waals surface area contributed by atoms with Crippen LogP contribution in [0.3, 0.4) is 0 Å². The van der Waals surface area contributed by atoms with Gasteiger partial charge >= 0.3 is 0 Å². The number of benzene rings is 1. The molecule has 0 saturated carbocycles. The fourth-order valence-corrected chi connectivity index (χ4v) is 4.40. The summed E-state index contributed by atoms with van der Waals surface area (Å²) in [5.41, 5.74) is 6.98. The molecule has 0 aliphatic rings. The van der Waals surface area contributed by atoms with Gasteiger partial charge in [0.15, 0.2) is 0 Å². The molecule has 3 heterocycles. The molecular weight excluding hydrogens is 420 g/mol. The Bertz CT molecular complexity index is 1180. The molecule has 4 aromatic rings. The number of rotatable bonds is 5. The van der Waals surface area contributed by atoms with Crippen LogP contribution in [0.1, 0.15) is 26.8 Å². The van der Waals surface area contributed by atoms with Gasteiger partial charge in [-0.05, 0) is 25.3 Å². The van der Waals surface area contributed by atoms with Crippen molar-refractivity contribution in [1.29, 1.82) is 0 Å². The molecule has 7 nitrogen and oxygen atoms in total. The van der Waals surface area contributed by atoms with Gasteiger partial charge in [0, 0.05) is 5.56 Å². The van der Waals surface area contributed by atoms with Crippen molar-refractivity contribution in [2.75, 3.05) is 0 Å². The second-order valence-corrected chi connectivity index (χ2v) is 8.42. The van der Waals surface area contributed by atoms with E-state index in [1.807, 2.05) is 47.8 Å². The van der Waals surface area contributed by atoms with Gasteiger partial charge in [-0.3, -0.25) is 20.4 Å². The Labute approximate surface area is 180 Å². The number of aromatic nitrogens is 2. The van der Waals surface area contributed by atoms with Gasteiger partial charge < -0.3 is 4.42 Å². The standard InChI is InChI=1S/C21H18N4O3S2/c1-12-18(30-21(22-12)14-7-4-3-5-8-14)19(27)25-24-17(26)11-15-13(2)28-20(23-15)16-9-6-10-29-16/h3-10H,11H2,1-2H3,(H,24,26)(H,25,27). The molecule has 4 rings (SSSR count). The van der Waals surface area contributed by atoms with Gasteiger partial charge in [-0.1, -0.05) is 36.4 Å². The second kappa shape index (κ2) is 8.60.